The van der Waals surface area contributed by atoms with E-state index >= 15 is 0 Å². The minimum atomic E-state index is -4.45. The second-order valence-electron chi connectivity index (χ2n) is 2.94. The summed E-state index contributed by atoms with van der Waals surface area (Å²) >= 11 is 0. The average molecular weight is 208 g/mol. The number of rotatable bonds is 2. The zero-order chi connectivity index (χ0) is 10.9. The summed E-state index contributed by atoms with van der Waals surface area (Å²) in [5.41, 5.74) is -0.782. The lowest BCUT2D eigenvalue weighted by Gasteiger charge is -2.05. The molecule has 0 aromatic carbocycles. The van der Waals surface area contributed by atoms with E-state index in [1.807, 2.05) is 0 Å². The van der Waals surface area contributed by atoms with Crippen LogP contribution < -0.4 is 0 Å². The van der Waals surface area contributed by atoms with Crippen LogP contribution in [0, 0.1) is 0 Å². The molecular formula is C8H11F3N2O. The molecule has 0 amide bonds. The van der Waals surface area contributed by atoms with Crippen molar-refractivity contribution >= 4 is 0 Å². The lowest BCUT2D eigenvalue weighted by Crippen LogP contribution is -2.08. The Morgan fingerprint density at radius 1 is 1.57 bits per heavy atom. The number of aliphatic hydroxyl groups is 1. The average Bonchev–Trinajstić information content (AvgIpc) is 2.45. The molecule has 0 spiro atoms. The predicted molar refractivity (Wildman–Crippen MR) is 43.5 cm³/mol. The maximum Gasteiger partial charge on any atom is 0.435 e. The van der Waals surface area contributed by atoms with Gasteiger partial charge in [-0.15, -0.1) is 0 Å². The lowest BCUT2D eigenvalue weighted by molar-refractivity contribution is -0.141. The van der Waals surface area contributed by atoms with E-state index in [4.69, 9.17) is 0 Å². The van der Waals surface area contributed by atoms with Gasteiger partial charge in [0.05, 0.1) is 11.8 Å². The van der Waals surface area contributed by atoms with E-state index < -0.39 is 18.0 Å². The Balaban J connectivity index is 3.13. The summed E-state index contributed by atoms with van der Waals surface area (Å²) in [6.07, 6.45) is -5.40. The summed E-state index contributed by atoms with van der Waals surface area (Å²) < 4.78 is 37.8. The molecule has 1 unspecified atom stereocenters. The van der Waals surface area contributed by atoms with Crippen molar-refractivity contribution in [3.8, 4) is 0 Å². The molecule has 1 aromatic heterocycles. The molecule has 0 saturated heterocycles. The molecule has 1 heterocycles. The van der Waals surface area contributed by atoms with Gasteiger partial charge in [0.2, 0.25) is 0 Å². The van der Waals surface area contributed by atoms with Crippen LogP contribution in [0.5, 0.6) is 0 Å². The monoisotopic (exact) mass is 208 g/mol. The Hall–Kier alpha value is -1.04. The maximum atomic E-state index is 12.2. The van der Waals surface area contributed by atoms with E-state index in [-0.39, 0.29) is 5.69 Å². The fourth-order valence-corrected chi connectivity index (χ4v) is 1.16. The van der Waals surface area contributed by atoms with Crippen molar-refractivity contribution in [1.29, 1.82) is 0 Å². The number of alkyl halides is 3. The summed E-state index contributed by atoms with van der Waals surface area (Å²) in [7, 11) is 0. The second kappa shape index (κ2) is 3.61. The molecule has 0 aliphatic heterocycles. The zero-order valence-electron chi connectivity index (χ0n) is 7.84. The van der Waals surface area contributed by atoms with Crippen molar-refractivity contribution in [3.63, 3.8) is 0 Å². The first-order chi connectivity index (χ1) is 6.36. The number of hydrogen-bond acceptors (Lipinski definition) is 2. The van der Waals surface area contributed by atoms with Crippen LogP contribution in [0.25, 0.3) is 0 Å². The van der Waals surface area contributed by atoms with E-state index in [9.17, 15) is 18.3 Å². The number of aromatic nitrogens is 2. The molecule has 1 atom stereocenters. The largest absolute Gasteiger partial charge is 0.435 e. The second-order valence-corrected chi connectivity index (χ2v) is 2.94. The number of nitrogens with zero attached hydrogens (tertiary/aromatic N) is 2. The Labute approximate surface area is 79.2 Å². The molecule has 0 radical (unpaired) electrons. The molecule has 0 aliphatic carbocycles. The van der Waals surface area contributed by atoms with Gasteiger partial charge in [-0.1, -0.05) is 0 Å². The van der Waals surface area contributed by atoms with Gasteiger partial charge in [-0.05, 0) is 19.9 Å². The fourth-order valence-electron chi connectivity index (χ4n) is 1.16. The third-order valence-electron chi connectivity index (χ3n) is 1.83. The molecule has 14 heavy (non-hydrogen) atoms. The molecule has 1 rings (SSSR count). The van der Waals surface area contributed by atoms with E-state index in [1.165, 1.54) is 6.92 Å². The van der Waals surface area contributed by atoms with Crippen LogP contribution in [0.2, 0.25) is 0 Å². The molecule has 3 nitrogen and oxygen atoms in total. The number of aliphatic hydroxyl groups excluding tert-OH is 1. The molecular weight excluding hydrogens is 197 g/mol. The van der Waals surface area contributed by atoms with E-state index in [0.717, 1.165) is 10.7 Å². The number of halogens is 3. The Bertz CT molecular complexity index is 317. The molecule has 1 aromatic rings. The molecule has 6 heteroatoms. The van der Waals surface area contributed by atoms with Crippen molar-refractivity contribution in [2.45, 2.75) is 32.7 Å². The van der Waals surface area contributed by atoms with Gasteiger partial charge >= 0.3 is 6.18 Å². The van der Waals surface area contributed by atoms with Crippen molar-refractivity contribution in [2.75, 3.05) is 0 Å². The third-order valence-corrected chi connectivity index (χ3v) is 1.83. The van der Waals surface area contributed by atoms with Crippen molar-refractivity contribution in [2.24, 2.45) is 0 Å². The highest BCUT2D eigenvalue weighted by atomic mass is 19.4. The summed E-state index contributed by atoms with van der Waals surface area (Å²) in [6.45, 7) is 3.37. The van der Waals surface area contributed by atoms with Gasteiger partial charge in [-0.25, -0.2) is 0 Å². The van der Waals surface area contributed by atoms with Gasteiger partial charge in [0.25, 0.3) is 0 Å². The van der Waals surface area contributed by atoms with Crippen molar-refractivity contribution in [3.05, 3.63) is 17.5 Å². The highest BCUT2D eigenvalue weighted by molar-refractivity contribution is 5.14. The first-order valence-electron chi connectivity index (χ1n) is 4.19. The summed E-state index contributed by atoms with van der Waals surface area (Å²) in [5.74, 6) is 0. The van der Waals surface area contributed by atoms with Gasteiger partial charge < -0.3 is 5.11 Å². The highest BCUT2D eigenvalue weighted by Crippen LogP contribution is 2.29. The van der Waals surface area contributed by atoms with Crippen molar-refractivity contribution in [1.82, 2.24) is 9.78 Å². The van der Waals surface area contributed by atoms with Crippen LogP contribution in [-0.2, 0) is 12.7 Å². The van der Waals surface area contributed by atoms with Crippen LogP contribution in [0.4, 0.5) is 13.2 Å². The topological polar surface area (TPSA) is 38.0 Å². The normalized spacial score (nSPS) is 14.4. The minimum Gasteiger partial charge on any atom is -0.387 e. The first kappa shape index (κ1) is 11.0. The van der Waals surface area contributed by atoms with Gasteiger partial charge in [-0.3, -0.25) is 4.68 Å². The molecule has 80 valence electrons. The van der Waals surface area contributed by atoms with Gasteiger partial charge in [0.15, 0.2) is 5.69 Å². The highest BCUT2D eigenvalue weighted by Gasteiger charge is 2.35. The van der Waals surface area contributed by atoms with Crippen LogP contribution >= 0.6 is 0 Å². The van der Waals surface area contributed by atoms with Crippen molar-refractivity contribution < 1.29 is 18.3 Å². The predicted octanol–water partition coefficient (Wildman–Crippen LogP) is 1.98. The van der Waals surface area contributed by atoms with E-state index in [1.54, 1.807) is 6.92 Å². The van der Waals surface area contributed by atoms with E-state index in [0.29, 0.717) is 6.54 Å². The van der Waals surface area contributed by atoms with Crippen LogP contribution in [0.15, 0.2) is 6.07 Å². The van der Waals surface area contributed by atoms with Crippen LogP contribution in [0.1, 0.15) is 31.3 Å². The van der Waals surface area contributed by atoms with E-state index in [2.05, 4.69) is 5.10 Å². The standard InChI is InChI=1S/C8H11F3N2O/c1-3-13-6(5(2)14)4-7(12-13)8(9,10)11/h4-5,14H,3H2,1-2H3. The van der Waals surface area contributed by atoms with Crippen LogP contribution in [0.3, 0.4) is 0 Å². The first-order valence-corrected chi connectivity index (χ1v) is 4.19. The summed E-state index contributed by atoms with van der Waals surface area (Å²) in [4.78, 5) is 0. The Morgan fingerprint density at radius 2 is 2.14 bits per heavy atom. The maximum absolute atomic E-state index is 12.2. The molecule has 0 fully saturated rings. The zero-order valence-corrected chi connectivity index (χ0v) is 7.84. The molecule has 0 saturated carbocycles. The Morgan fingerprint density at radius 3 is 2.43 bits per heavy atom. The third kappa shape index (κ3) is 2.06. The quantitative estimate of drug-likeness (QED) is 0.806. The lowest BCUT2D eigenvalue weighted by atomic mass is 10.2. The van der Waals surface area contributed by atoms with Gasteiger partial charge in [0, 0.05) is 6.54 Å². The van der Waals surface area contributed by atoms with Gasteiger partial charge in [-0.2, -0.15) is 18.3 Å². The molecule has 1 N–H and O–H groups in total. The number of hydrogen-bond donors (Lipinski definition) is 1. The minimum absolute atomic E-state index is 0.180. The molecule has 0 aliphatic rings. The fraction of sp³-hybridized carbons (Fsp3) is 0.625. The summed E-state index contributed by atoms with van der Waals surface area (Å²) in [5, 5.41) is 12.5. The van der Waals surface area contributed by atoms with Crippen LogP contribution in [-0.4, -0.2) is 14.9 Å². The Kier molecular flexibility index (Phi) is 2.84. The number of aryl methyl sites for hydroxylation is 1. The summed E-state index contributed by atoms with van der Waals surface area (Å²) in [6, 6.07) is 0.869. The molecule has 0 bridgehead atoms. The van der Waals surface area contributed by atoms with Gasteiger partial charge in [0.1, 0.15) is 0 Å². The SMILES string of the molecule is CCn1nc(C(F)(F)F)cc1C(C)O. The smallest absolute Gasteiger partial charge is 0.387 e.